The summed E-state index contributed by atoms with van der Waals surface area (Å²) in [5, 5.41) is 2.97. The maximum atomic E-state index is 12.8. The molecule has 0 saturated carbocycles. The van der Waals surface area contributed by atoms with Crippen LogP contribution in [0.4, 0.5) is 5.69 Å². The number of nitrogens with zero attached hydrogens (tertiary/aromatic N) is 1. The van der Waals surface area contributed by atoms with Gasteiger partial charge >= 0.3 is 0 Å². The van der Waals surface area contributed by atoms with Crippen molar-refractivity contribution >= 4 is 17.5 Å². The quantitative estimate of drug-likeness (QED) is 0.817. The maximum absolute atomic E-state index is 12.8. The van der Waals surface area contributed by atoms with Crippen molar-refractivity contribution in [2.24, 2.45) is 5.92 Å². The Kier molecular flexibility index (Phi) is 6.21. The number of nitrogens with one attached hydrogen (secondary N) is 1. The number of hydrogen-bond donors (Lipinski definition) is 1. The Labute approximate surface area is 177 Å². The fourth-order valence-electron chi connectivity index (χ4n) is 4.07. The molecule has 1 fully saturated rings. The fraction of sp³-hybridized carbons (Fsp3) is 0.417. The first-order chi connectivity index (χ1) is 14.6. The third-order valence-corrected chi connectivity index (χ3v) is 5.79. The molecule has 1 atom stereocenters. The Balaban J connectivity index is 1.20. The second-order valence-corrected chi connectivity index (χ2v) is 8.09. The molecule has 2 amide bonds. The van der Waals surface area contributed by atoms with Crippen LogP contribution >= 0.6 is 0 Å². The summed E-state index contributed by atoms with van der Waals surface area (Å²) in [6.45, 7) is 3.65. The zero-order chi connectivity index (χ0) is 20.9. The Morgan fingerprint density at radius 2 is 1.83 bits per heavy atom. The first-order valence-electron chi connectivity index (χ1n) is 10.6. The molecule has 0 aromatic heterocycles. The molecule has 0 spiro atoms. The zero-order valence-corrected chi connectivity index (χ0v) is 17.3. The predicted molar refractivity (Wildman–Crippen MR) is 115 cm³/mol. The van der Waals surface area contributed by atoms with Crippen LogP contribution in [0.15, 0.2) is 48.5 Å². The average Bonchev–Trinajstić information content (AvgIpc) is 2.77. The Morgan fingerprint density at radius 3 is 2.60 bits per heavy atom. The van der Waals surface area contributed by atoms with E-state index in [9.17, 15) is 9.59 Å². The van der Waals surface area contributed by atoms with Gasteiger partial charge in [0.2, 0.25) is 12.0 Å². The van der Waals surface area contributed by atoms with Crippen LogP contribution < -0.4 is 14.8 Å². The van der Waals surface area contributed by atoms with Crippen molar-refractivity contribution < 1.29 is 19.1 Å². The standard InChI is InChI=1S/C24H28N2O4/c1-17-5-4-6-19(15-17)25-23(27)10-9-18-11-13-26(14-12-18)24(28)22-16-29-20-7-2-3-8-21(20)30-22/h2-8,15,18,22H,9-14,16H2,1H3,(H,25,27)/t22-/m1/s1. The summed E-state index contributed by atoms with van der Waals surface area (Å²) in [5.41, 5.74) is 1.97. The number of amides is 2. The molecule has 2 heterocycles. The second-order valence-electron chi connectivity index (χ2n) is 8.09. The molecular weight excluding hydrogens is 380 g/mol. The number of ether oxygens (including phenoxy) is 2. The molecule has 1 N–H and O–H groups in total. The maximum Gasteiger partial charge on any atom is 0.267 e. The minimum Gasteiger partial charge on any atom is -0.485 e. The molecule has 158 valence electrons. The van der Waals surface area contributed by atoms with Gasteiger partial charge in [0.1, 0.15) is 6.61 Å². The molecular formula is C24H28N2O4. The lowest BCUT2D eigenvalue weighted by molar-refractivity contribution is -0.142. The molecule has 2 aliphatic heterocycles. The molecule has 0 radical (unpaired) electrons. The number of fused-ring (bicyclic) bond motifs is 1. The van der Waals surface area contributed by atoms with E-state index >= 15 is 0 Å². The summed E-state index contributed by atoms with van der Waals surface area (Å²) in [4.78, 5) is 26.9. The molecule has 1 saturated heterocycles. The molecule has 2 aromatic carbocycles. The molecule has 4 rings (SSSR count). The lowest BCUT2D eigenvalue weighted by atomic mass is 9.91. The molecule has 6 nitrogen and oxygen atoms in total. The third-order valence-electron chi connectivity index (χ3n) is 5.79. The number of piperidine rings is 1. The van der Waals surface area contributed by atoms with Gasteiger partial charge in [0.15, 0.2) is 11.5 Å². The Morgan fingerprint density at radius 1 is 1.07 bits per heavy atom. The highest BCUT2D eigenvalue weighted by Gasteiger charge is 2.33. The van der Waals surface area contributed by atoms with E-state index in [1.165, 1.54) is 0 Å². The first-order valence-corrected chi connectivity index (χ1v) is 10.6. The molecule has 0 bridgehead atoms. The van der Waals surface area contributed by atoms with Gasteiger partial charge in [0.25, 0.3) is 5.91 Å². The van der Waals surface area contributed by atoms with Crippen molar-refractivity contribution in [3.63, 3.8) is 0 Å². The van der Waals surface area contributed by atoms with Crippen LogP contribution in [0.3, 0.4) is 0 Å². The van der Waals surface area contributed by atoms with E-state index in [1.807, 2.05) is 60.4 Å². The smallest absolute Gasteiger partial charge is 0.267 e. The molecule has 6 heteroatoms. The van der Waals surface area contributed by atoms with Crippen LogP contribution in [0.5, 0.6) is 11.5 Å². The van der Waals surface area contributed by atoms with E-state index in [2.05, 4.69) is 5.32 Å². The molecule has 30 heavy (non-hydrogen) atoms. The van der Waals surface area contributed by atoms with Crippen molar-refractivity contribution in [3.05, 3.63) is 54.1 Å². The topological polar surface area (TPSA) is 67.9 Å². The lowest BCUT2D eigenvalue weighted by Crippen LogP contribution is -2.49. The average molecular weight is 408 g/mol. The fourth-order valence-corrected chi connectivity index (χ4v) is 4.07. The van der Waals surface area contributed by atoms with Crippen LogP contribution in [-0.4, -0.2) is 42.5 Å². The van der Waals surface area contributed by atoms with E-state index in [0.29, 0.717) is 36.9 Å². The van der Waals surface area contributed by atoms with Crippen molar-refractivity contribution in [3.8, 4) is 11.5 Å². The zero-order valence-electron chi connectivity index (χ0n) is 17.3. The second kappa shape index (κ2) is 9.20. The number of aryl methyl sites for hydroxylation is 1. The summed E-state index contributed by atoms with van der Waals surface area (Å²) < 4.78 is 11.5. The van der Waals surface area contributed by atoms with Gasteiger partial charge in [-0.1, -0.05) is 24.3 Å². The largest absolute Gasteiger partial charge is 0.485 e. The van der Waals surface area contributed by atoms with E-state index in [-0.39, 0.29) is 18.4 Å². The minimum absolute atomic E-state index is 0.0138. The number of likely N-dealkylation sites (tertiary alicyclic amines) is 1. The number of carbonyl (C=O) groups excluding carboxylic acids is 2. The van der Waals surface area contributed by atoms with Gasteiger partial charge in [-0.3, -0.25) is 9.59 Å². The highest BCUT2D eigenvalue weighted by atomic mass is 16.6. The lowest BCUT2D eigenvalue weighted by Gasteiger charge is -2.35. The number of hydrogen-bond acceptors (Lipinski definition) is 4. The highest BCUT2D eigenvalue weighted by Crippen LogP contribution is 2.32. The molecule has 2 aliphatic rings. The number of carbonyl (C=O) groups is 2. The summed E-state index contributed by atoms with van der Waals surface area (Å²) >= 11 is 0. The summed E-state index contributed by atoms with van der Waals surface area (Å²) in [6.07, 6.45) is 2.58. The van der Waals surface area contributed by atoms with Gasteiger partial charge in [0, 0.05) is 25.2 Å². The summed E-state index contributed by atoms with van der Waals surface area (Å²) in [5.74, 6) is 1.80. The van der Waals surface area contributed by atoms with Gasteiger partial charge < -0.3 is 19.7 Å². The Bertz CT molecular complexity index is 906. The summed E-state index contributed by atoms with van der Waals surface area (Å²) in [7, 11) is 0. The minimum atomic E-state index is -0.587. The normalized spacial score (nSPS) is 18.7. The van der Waals surface area contributed by atoms with Crippen LogP contribution in [0.25, 0.3) is 0 Å². The first kappa shape index (κ1) is 20.3. The van der Waals surface area contributed by atoms with Crippen molar-refractivity contribution in [1.29, 1.82) is 0 Å². The van der Waals surface area contributed by atoms with Gasteiger partial charge in [-0.2, -0.15) is 0 Å². The van der Waals surface area contributed by atoms with Crippen LogP contribution in [0.1, 0.15) is 31.2 Å². The van der Waals surface area contributed by atoms with Gasteiger partial charge in [-0.05, 0) is 61.9 Å². The number of anilines is 1. The van der Waals surface area contributed by atoms with Gasteiger partial charge in [-0.15, -0.1) is 0 Å². The van der Waals surface area contributed by atoms with Crippen LogP contribution in [-0.2, 0) is 9.59 Å². The molecule has 0 unspecified atom stereocenters. The number of rotatable bonds is 5. The van der Waals surface area contributed by atoms with Gasteiger partial charge in [0.05, 0.1) is 0 Å². The molecule has 0 aliphatic carbocycles. The number of para-hydroxylation sites is 2. The van der Waals surface area contributed by atoms with E-state index < -0.39 is 6.10 Å². The van der Waals surface area contributed by atoms with Gasteiger partial charge in [-0.25, -0.2) is 0 Å². The SMILES string of the molecule is Cc1cccc(NC(=O)CCC2CCN(C(=O)[C@H]3COc4ccccc4O3)CC2)c1. The van der Waals surface area contributed by atoms with Crippen molar-refractivity contribution in [2.75, 3.05) is 25.0 Å². The van der Waals surface area contributed by atoms with E-state index in [1.54, 1.807) is 0 Å². The van der Waals surface area contributed by atoms with Crippen molar-refractivity contribution in [2.45, 2.75) is 38.7 Å². The van der Waals surface area contributed by atoms with E-state index in [0.717, 1.165) is 30.5 Å². The molecule has 2 aromatic rings. The highest BCUT2D eigenvalue weighted by molar-refractivity contribution is 5.90. The Hall–Kier alpha value is -3.02. The van der Waals surface area contributed by atoms with Crippen LogP contribution in [0, 0.1) is 12.8 Å². The third kappa shape index (κ3) is 4.93. The number of benzene rings is 2. The summed E-state index contributed by atoms with van der Waals surface area (Å²) in [6, 6.07) is 15.2. The predicted octanol–water partition coefficient (Wildman–Crippen LogP) is 3.79. The van der Waals surface area contributed by atoms with Crippen LogP contribution in [0.2, 0.25) is 0 Å². The van der Waals surface area contributed by atoms with Crippen molar-refractivity contribution in [1.82, 2.24) is 4.90 Å². The monoisotopic (exact) mass is 408 g/mol. The van der Waals surface area contributed by atoms with E-state index in [4.69, 9.17) is 9.47 Å².